The summed E-state index contributed by atoms with van der Waals surface area (Å²) in [5.74, 6) is 0.0630. The fraction of sp³-hybridized carbons (Fsp3) is 0.364. The normalized spacial score (nSPS) is 13.6. The van der Waals surface area contributed by atoms with Crippen molar-refractivity contribution in [3.8, 4) is 0 Å². The minimum Gasteiger partial charge on any atom is -0.409 e. The first-order valence-electron chi connectivity index (χ1n) is 5.02. The second-order valence-electron chi connectivity index (χ2n) is 3.73. The fourth-order valence-corrected chi connectivity index (χ4v) is 1.57. The molecule has 5 nitrogen and oxygen atoms in total. The number of para-hydroxylation sites is 1. The van der Waals surface area contributed by atoms with Crippen molar-refractivity contribution < 1.29 is 10.3 Å². The van der Waals surface area contributed by atoms with Gasteiger partial charge in [-0.1, -0.05) is 17.3 Å². The summed E-state index contributed by atoms with van der Waals surface area (Å²) in [6, 6.07) is 7.30. The van der Waals surface area contributed by atoms with Crippen LogP contribution in [0.1, 0.15) is 12.5 Å². The molecule has 0 amide bonds. The van der Waals surface area contributed by atoms with Gasteiger partial charge in [0, 0.05) is 24.8 Å². The molecule has 0 aliphatic carbocycles. The van der Waals surface area contributed by atoms with E-state index >= 15 is 0 Å². The number of amidine groups is 1. The maximum absolute atomic E-state index is 9.32. The Labute approximate surface area is 94.8 Å². The van der Waals surface area contributed by atoms with Crippen molar-refractivity contribution in [2.45, 2.75) is 13.0 Å². The largest absolute Gasteiger partial charge is 0.409 e. The minimum absolute atomic E-state index is 0.0630. The molecule has 0 aliphatic heterocycles. The molecule has 0 heterocycles. The molecule has 1 aromatic rings. The molecule has 1 aromatic carbocycles. The lowest BCUT2D eigenvalue weighted by molar-refractivity contribution is 0.201. The van der Waals surface area contributed by atoms with Crippen LogP contribution in [0.4, 0.5) is 5.69 Å². The molecular weight excluding hydrogens is 206 g/mol. The van der Waals surface area contributed by atoms with Crippen molar-refractivity contribution >= 4 is 11.5 Å². The third-order valence-electron chi connectivity index (χ3n) is 2.24. The van der Waals surface area contributed by atoms with Gasteiger partial charge in [-0.3, -0.25) is 0 Å². The first kappa shape index (κ1) is 12.3. The van der Waals surface area contributed by atoms with Crippen LogP contribution in [0.25, 0.3) is 0 Å². The summed E-state index contributed by atoms with van der Waals surface area (Å²) in [4.78, 5) is 1.86. The van der Waals surface area contributed by atoms with Crippen molar-refractivity contribution in [2.24, 2.45) is 10.9 Å². The first-order valence-corrected chi connectivity index (χ1v) is 5.02. The number of aliphatic hydroxyl groups excluding tert-OH is 1. The van der Waals surface area contributed by atoms with Gasteiger partial charge in [-0.25, -0.2) is 0 Å². The summed E-state index contributed by atoms with van der Waals surface area (Å²) >= 11 is 0. The zero-order valence-electron chi connectivity index (χ0n) is 9.46. The Hall–Kier alpha value is -1.75. The van der Waals surface area contributed by atoms with Crippen LogP contribution in [0, 0.1) is 0 Å². The maximum atomic E-state index is 9.32. The van der Waals surface area contributed by atoms with E-state index in [0.717, 1.165) is 5.69 Å². The first-order chi connectivity index (χ1) is 7.56. The van der Waals surface area contributed by atoms with Gasteiger partial charge in [0.1, 0.15) is 0 Å². The summed E-state index contributed by atoms with van der Waals surface area (Å²) in [6.07, 6.45) is -0.439. The Kier molecular flexibility index (Phi) is 4.13. The molecule has 1 atom stereocenters. The summed E-state index contributed by atoms with van der Waals surface area (Å²) in [5, 5.41) is 21.0. The number of oxime groups is 1. The zero-order chi connectivity index (χ0) is 12.1. The summed E-state index contributed by atoms with van der Waals surface area (Å²) in [5.41, 5.74) is 7.04. The summed E-state index contributed by atoms with van der Waals surface area (Å²) in [7, 11) is 1.84. The smallest absolute Gasteiger partial charge is 0.172 e. The van der Waals surface area contributed by atoms with Gasteiger partial charge in [0.25, 0.3) is 0 Å². The molecule has 0 spiro atoms. The molecule has 1 unspecified atom stereocenters. The number of benzene rings is 1. The molecular formula is C11H17N3O2. The van der Waals surface area contributed by atoms with E-state index in [9.17, 15) is 5.11 Å². The molecule has 0 saturated heterocycles. The zero-order valence-corrected chi connectivity index (χ0v) is 9.46. The highest BCUT2D eigenvalue weighted by molar-refractivity contribution is 6.02. The van der Waals surface area contributed by atoms with Crippen LogP contribution in [0.2, 0.25) is 0 Å². The van der Waals surface area contributed by atoms with E-state index in [1.807, 2.05) is 30.1 Å². The number of anilines is 1. The van der Waals surface area contributed by atoms with E-state index in [-0.39, 0.29) is 5.84 Å². The molecule has 0 bridgehead atoms. The van der Waals surface area contributed by atoms with Gasteiger partial charge in [-0.2, -0.15) is 0 Å². The van der Waals surface area contributed by atoms with Gasteiger partial charge in [0.2, 0.25) is 0 Å². The summed E-state index contributed by atoms with van der Waals surface area (Å²) < 4.78 is 0. The fourth-order valence-electron chi connectivity index (χ4n) is 1.57. The predicted molar refractivity (Wildman–Crippen MR) is 63.9 cm³/mol. The molecule has 4 N–H and O–H groups in total. The number of rotatable bonds is 4. The van der Waals surface area contributed by atoms with Gasteiger partial charge in [-0.05, 0) is 19.1 Å². The average Bonchev–Trinajstić information content (AvgIpc) is 2.27. The second-order valence-corrected chi connectivity index (χ2v) is 3.73. The Morgan fingerprint density at radius 1 is 1.50 bits per heavy atom. The van der Waals surface area contributed by atoms with Gasteiger partial charge in [-0.15, -0.1) is 0 Å². The third-order valence-corrected chi connectivity index (χ3v) is 2.24. The number of nitrogens with zero attached hydrogens (tertiary/aromatic N) is 2. The van der Waals surface area contributed by atoms with Crippen LogP contribution in [0.5, 0.6) is 0 Å². The van der Waals surface area contributed by atoms with Crippen molar-refractivity contribution in [2.75, 3.05) is 18.5 Å². The van der Waals surface area contributed by atoms with Gasteiger partial charge >= 0.3 is 0 Å². The Morgan fingerprint density at radius 2 is 2.12 bits per heavy atom. The monoisotopic (exact) mass is 223 g/mol. The van der Waals surface area contributed by atoms with Crippen LogP contribution >= 0.6 is 0 Å². The van der Waals surface area contributed by atoms with E-state index in [2.05, 4.69) is 5.16 Å². The molecule has 5 heteroatoms. The van der Waals surface area contributed by atoms with E-state index in [4.69, 9.17) is 10.9 Å². The van der Waals surface area contributed by atoms with E-state index < -0.39 is 6.10 Å². The second kappa shape index (κ2) is 5.37. The minimum atomic E-state index is -0.439. The lowest BCUT2D eigenvalue weighted by Crippen LogP contribution is -2.29. The highest BCUT2D eigenvalue weighted by atomic mass is 16.4. The van der Waals surface area contributed by atoms with Crippen LogP contribution < -0.4 is 10.6 Å². The molecule has 0 aromatic heterocycles. The lowest BCUT2D eigenvalue weighted by Gasteiger charge is -2.23. The Morgan fingerprint density at radius 3 is 2.69 bits per heavy atom. The molecule has 0 radical (unpaired) electrons. The van der Waals surface area contributed by atoms with Gasteiger partial charge in [0.05, 0.1) is 6.10 Å². The van der Waals surface area contributed by atoms with Gasteiger partial charge < -0.3 is 20.9 Å². The van der Waals surface area contributed by atoms with E-state index in [1.54, 1.807) is 13.0 Å². The maximum Gasteiger partial charge on any atom is 0.172 e. The molecule has 0 aliphatic rings. The predicted octanol–water partition coefficient (Wildman–Crippen LogP) is 0.598. The number of hydrogen-bond acceptors (Lipinski definition) is 4. The van der Waals surface area contributed by atoms with E-state index in [0.29, 0.717) is 12.1 Å². The topological polar surface area (TPSA) is 82.1 Å². The highest BCUT2D eigenvalue weighted by Gasteiger charge is 2.11. The molecule has 0 fully saturated rings. The van der Waals surface area contributed by atoms with Crippen LogP contribution in [0.15, 0.2) is 29.4 Å². The quantitative estimate of drug-likeness (QED) is 0.302. The van der Waals surface area contributed by atoms with Crippen molar-refractivity contribution in [3.63, 3.8) is 0 Å². The number of aliphatic hydroxyl groups is 1. The van der Waals surface area contributed by atoms with E-state index in [1.165, 1.54) is 0 Å². The summed E-state index contributed by atoms with van der Waals surface area (Å²) in [6.45, 7) is 2.19. The number of likely N-dealkylation sites (N-methyl/N-ethyl adjacent to an activating group) is 1. The van der Waals surface area contributed by atoms with Crippen LogP contribution in [-0.4, -0.2) is 35.8 Å². The number of nitrogens with two attached hydrogens (primary N) is 1. The number of hydrogen-bond donors (Lipinski definition) is 3. The van der Waals surface area contributed by atoms with Crippen molar-refractivity contribution in [1.29, 1.82) is 0 Å². The van der Waals surface area contributed by atoms with Crippen molar-refractivity contribution in [1.82, 2.24) is 0 Å². The van der Waals surface area contributed by atoms with Gasteiger partial charge in [0.15, 0.2) is 5.84 Å². The standard InChI is InChI=1S/C11H17N3O2/c1-8(15)7-14(2)10-6-4-3-5-9(10)11(12)13-16/h3-6,8,15-16H,7H2,1-2H3,(H2,12,13). The molecule has 16 heavy (non-hydrogen) atoms. The van der Waals surface area contributed by atoms with Crippen molar-refractivity contribution in [3.05, 3.63) is 29.8 Å². The van der Waals surface area contributed by atoms with Crippen LogP contribution in [0.3, 0.4) is 0 Å². The highest BCUT2D eigenvalue weighted by Crippen LogP contribution is 2.18. The molecule has 88 valence electrons. The molecule has 0 saturated carbocycles. The third kappa shape index (κ3) is 2.87. The Balaban J connectivity index is 3.03. The Bertz CT molecular complexity index is 377. The SMILES string of the molecule is CC(O)CN(C)c1ccccc1C(N)=NO. The average molecular weight is 223 g/mol. The molecule has 1 rings (SSSR count). The lowest BCUT2D eigenvalue weighted by atomic mass is 10.1. The van der Waals surface area contributed by atoms with Crippen LogP contribution in [-0.2, 0) is 0 Å².